The van der Waals surface area contributed by atoms with Crippen LogP contribution < -0.4 is 10.1 Å². The minimum atomic E-state index is -0.269. The number of rotatable bonds is 5. The molecule has 0 amide bonds. The van der Waals surface area contributed by atoms with E-state index in [9.17, 15) is 4.39 Å². The molecule has 0 unspecified atom stereocenters. The van der Waals surface area contributed by atoms with Gasteiger partial charge in [-0.1, -0.05) is 17.7 Å². The lowest BCUT2D eigenvalue weighted by Crippen LogP contribution is -2.00. The zero-order valence-electron chi connectivity index (χ0n) is 10.9. The number of ether oxygens (including phenoxy) is 1. The van der Waals surface area contributed by atoms with Crippen LogP contribution in [-0.4, -0.2) is 6.61 Å². The molecule has 0 aliphatic carbocycles. The Labute approximate surface area is 131 Å². The van der Waals surface area contributed by atoms with Gasteiger partial charge in [-0.25, -0.2) is 4.39 Å². The van der Waals surface area contributed by atoms with Crippen molar-refractivity contribution in [3.63, 3.8) is 0 Å². The van der Waals surface area contributed by atoms with Crippen molar-refractivity contribution >= 4 is 33.2 Å². The Kier molecular flexibility index (Phi) is 5.26. The molecular weight excluding hydrogens is 345 g/mol. The van der Waals surface area contributed by atoms with Crippen LogP contribution in [0.1, 0.15) is 12.5 Å². The molecule has 0 bridgehead atoms. The second-order valence-corrected chi connectivity index (χ2v) is 5.44. The molecule has 1 N–H and O–H groups in total. The van der Waals surface area contributed by atoms with Gasteiger partial charge in [0.05, 0.1) is 16.1 Å². The van der Waals surface area contributed by atoms with E-state index in [4.69, 9.17) is 16.3 Å². The summed E-state index contributed by atoms with van der Waals surface area (Å²) in [6.07, 6.45) is 0. The molecule has 0 atom stereocenters. The van der Waals surface area contributed by atoms with Crippen LogP contribution >= 0.6 is 27.5 Å². The van der Waals surface area contributed by atoms with Gasteiger partial charge in [-0.2, -0.15) is 0 Å². The van der Waals surface area contributed by atoms with Crippen LogP contribution in [0.4, 0.5) is 10.1 Å². The van der Waals surface area contributed by atoms with Gasteiger partial charge >= 0.3 is 0 Å². The van der Waals surface area contributed by atoms with Gasteiger partial charge < -0.3 is 10.1 Å². The average Bonchev–Trinajstić information content (AvgIpc) is 2.43. The molecule has 0 radical (unpaired) electrons. The Hall–Kier alpha value is -1.26. The Bertz CT molecular complexity index is 606. The van der Waals surface area contributed by atoms with Gasteiger partial charge in [-0.3, -0.25) is 0 Å². The summed E-state index contributed by atoms with van der Waals surface area (Å²) >= 11 is 9.24. The van der Waals surface area contributed by atoms with Gasteiger partial charge in [0, 0.05) is 12.2 Å². The molecule has 0 saturated heterocycles. The summed E-state index contributed by atoms with van der Waals surface area (Å²) < 4.78 is 19.2. The number of anilines is 1. The summed E-state index contributed by atoms with van der Waals surface area (Å²) in [4.78, 5) is 0. The summed E-state index contributed by atoms with van der Waals surface area (Å²) in [5.74, 6) is 0.392. The van der Waals surface area contributed by atoms with E-state index in [2.05, 4.69) is 21.2 Å². The second kappa shape index (κ2) is 6.95. The lowest BCUT2D eigenvalue weighted by Gasteiger charge is -2.10. The molecule has 0 aliphatic rings. The molecule has 20 heavy (non-hydrogen) atoms. The topological polar surface area (TPSA) is 21.3 Å². The molecule has 0 aliphatic heterocycles. The van der Waals surface area contributed by atoms with Gasteiger partial charge in [0.15, 0.2) is 0 Å². The van der Waals surface area contributed by atoms with E-state index >= 15 is 0 Å². The van der Waals surface area contributed by atoms with Gasteiger partial charge in [-0.05, 0) is 58.7 Å². The SMILES string of the molecule is CCOc1ccc(NCc2ccc(Br)c(F)c2)cc1Cl. The second-order valence-electron chi connectivity index (χ2n) is 4.18. The van der Waals surface area contributed by atoms with Crippen molar-refractivity contribution in [1.29, 1.82) is 0 Å². The number of hydrogen-bond donors (Lipinski definition) is 1. The fraction of sp³-hybridized carbons (Fsp3) is 0.200. The summed E-state index contributed by atoms with van der Waals surface area (Å²) in [6.45, 7) is 3.00. The van der Waals surface area contributed by atoms with Gasteiger partial charge in [-0.15, -0.1) is 0 Å². The summed E-state index contributed by atoms with van der Waals surface area (Å²) in [5, 5.41) is 3.75. The largest absolute Gasteiger partial charge is 0.492 e. The molecule has 0 aromatic heterocycles. The van der Waals surface area contributed by atoms with E-state index in [1.54, 1.807) is 12.1 Å². The van der Waals surface area contributed by atoms with E-state index in [-0.39, 0.29) is 5.82 Å². The Balaban J connectivity index is 2.03. The first kappa shape index (κ1) is 15.1. The lowest BCUT2D eigenvalue weighted by atomic mass is 10.2. The summed E-state index contributed by atoms with van der Waals surface area (Å²) in [6, 6.07) is 10.5. The Morgan fingerprint density at radius 2 is 2.05 bits per heavy atom. The third kappa shape index (κ3) is 3.87. The third-order valence-electron chi connectivity index (χ3n) is 2.71. The zero-order chi connectivity index (χ0) is 14.5. The van der Waals surface area contributed by atoms with Gasteiger partial charge in [0.2, 0.25) is 0 Å². The van der Waals surface area contributed by atoms with Crippen molar-refractivity contribution in [2.75, 3.05) is 11.9 Å². The van der Waals surface area contributed by atoms with Crippen molar-refractivity contribution in [2.45, 2.75) is 13.5 Å². The Morgan fingerprint density at radius 1 is 1.25 bits per heavy atom. The van der Waals surface area contributed by atoms with Crippen LogP contribution in [0, 0.1) is 5.82 Å². The van der Waals surface area contributed by atoms with E-state index in [1.165, 1.54) is 6.07 Å². The van der Waals surface area contributed by atoms with Crippen molar-refractivity contribution < 1.29 is 9.13 Å². The Morgan fingerprint density at radius 3 is 2.70 bits per heavy atom. The minimum Gasteiger partial charge on any atom is -0.492 e. The van der Waals surface area contributed by atoms with E-state index < -0.39 is 0 Å². The molecule has 2 aromatic rings. The van der Waals surface area contributed by atoms with Gasteiger partial charge in [0.25, 0.3) is 0 Å². The molecule has 2 nitrogen and oxygen atoms in total. The molecule has 0 spiro atoms. The summed E-state index contributed by atoms with van der Waals surface area (Å²) in [5.41, 5.74) is 1.72. The number of nitrogens with one attached hydrogen (secondary N) is 1. The standard InChI is InChI=1S/C15H14BrClFNO/c1-2-20-15-6-4-11(8-13(15)17)19-9-10-3-5-12(16)14(18)7-10/h3-8,19H,2,9H2,1H3. The first-order valence-electron chi connectivity index (χ1n) is 6.20. The maximum Gasteiger partial charge on any atom is 0.138 e. The number of hydrogen-bond acceptors (Lipinski definition) is 2. The van der Waals surface area contributed by atoms with Crippen molar-refractivity contribution in [3.8, 4) is 5.75 Å². The average molecular weight is 359 g/mol. The maximum atomic E-state index is 13.4. The highest BCUT2D eigenvalue weighted by atomic mass is 79.9. The molecule has 2 rings (SSSR count). The monoisotopic (exact) mass is 357 g/mol. The van der Waals surface area contributed by atoms with E-state index in [0.717, 1.165) is 11.3 Å². The first-order valence-corrected chi connectivity index (χ1v) is 7.37. The van der Waals surface area contributed by atoms with Crippen LogP contribution in [-0.2, 0) is 6.54 Å². The third-order valence-corrected chi connectivity index (χ3v) is 3.65. The van der Waals surface area contributed by atoms with Crippen molar-refractivity contribution in [2.24, 2.45) is 0 Å². The lowest BCUT2D eigenvalue weighted by molar-refractivity contribution is 0.340. The molecule has 5 heteroatoms. The quantitative estimate of drug-likeness (QED) is 0.788. The smallest absolute Gasteiger partial charge is 0.138 e. The molecular formula is C15H14BrClFNO. The fourth-order valence-electron chi connectivity index (χ4n) is 1.74. The van der Waals surface area contributed by atoms with E-state index in [0.29, 0.717) is 28.4 Å². The predicted octanol–water partition coefficient (Wildman–Crippen LogP) is 5.25. The normalized spacial score (nSPS) is 10.4. The van der Waals surface area contributed by atoms with Crippen LogP contribution in [0.15, 0.2) is 40.9 Å². The predicted molar refractivity (Wildman–Crippen MR) is 84.0 cm³/mol. The molecule has 0 fully saturated rings. The molecule has 0 heterocycles. The molecule has 2 aromatic carbocycles. The van der Waals surface area contributed by atoms with Crippen LogP contribution in [0.2, 0.25) is 5.02 Å². The van der Waals surface area contributed by atoms with Crippen molar-refractivity contribution in [1.82, 2.24) is 0 Å². The zero-order valence-corrected chi connectivity index (χ0v) is 13.3. The first-order chi connectivity index (χ1) is 9.60. The van der Waals surface area contributed by atoms with Crippen LogP contribution in [0.3, 0.4) is 0 Å². The van der Waals surface area contributed by atoms with Crippen LogP contribution in [0.25, 0.3) is 0 Å². The molecule has 0 saturated carbocycles. The highest BCUT2D eigenvalue weighted by Crippen LogP contribution is 2.28. The minimum absolute atomic E-state index is 0.269. The van der Waals surface area contributed by atoms with Crippen molar-refractivity contribution in [3.05, 3.63) is 57.3 Å². The highest BCUT2D eigenvalue weighted by Gasteiger charge is 2.04. The van der Waals surface area contributed by atoms with Gasteiger partial charge in [0.1, 0.15) is 11.6 Å². The highest BCUT2D eigenvalue weighted by molar-refractivity contribution is 9.10. The summed E-state index contributed by atoms with van der Waals surface area (Å²) in [7, 11) is 0. The van der Waals surface area contributed by atoms with E-state index in [1.807, 2.05) is 25.1 Å². The number of benzene rings is 2. The number of halogens is 3. The maximum absolute atomic E-state index is 13.4. The molecule has 106 valence electrons. The van der Waals surface area contributed by atoms with Crippen LogP contribution in [0.5, 0.6) is 5.75 Å². The fourth-order valence-corrected chi connectivity index (χ4v) is 2.22.